The van der Waals surface area contributed by atoms with Crippen LogP contribution in [0.4, 0.5) is 0 Å². The highest BCUT2D eigenvalue weighted by Crippen LogP contribution is 2.25. The van der Waals surface area contributed by atoms with Gasteiger partial charge >= 0.3 is 5.97 Å². The molecule has 0 amide bonds. The molecule has 0 atom stereocenters. The van der Waals surface area contributed by atoms with Crippen molar-refractivity contribution in [3.8, 4) is 17.2 Å². The van der Waals surface area contributed by atoms with Gasteiger partial charge in [-0.25, -0.2) is 4.79 Å². The fraction of sp³-hybridized carbons (Fsp3) is 0.211. The van der Waals surface area contributed by atoms with Crippen LogP contribution >= 0.6 is 0 Å². The van der Waals surface area contributed by atoms with Crippen LogP contribution in [0, 0.1) is 13.8 Å². The molecule has 0 spiro atoms. The first kappa shape index (κ1) is 16.6. The first-order valence-corrected chi connectivity index (χ1v) is 7.22. The Labute approximate surface area is 136 Å². The van der Waals surface area contributed by atoms with Gasteiger partial charge in [-0.3, -0.25) is 0 Å². The van der Waals surface area contributed by atoms with Crippen LogP contribution in [0.1, 0.15) is 16.7 Å². The molecule has 4 heteroatoms. The minimum atomic E-state index is -0.445. The van der Waals surface area contributed by atoms with Crippen LogP contribution in [-0.2, 0) is 4.79 Å². The van der Waals surface area contributed by atoms with Crippen LogP contribution in [0.25, 0.3) is 6.08 Å². The number of carbonyl (C=O) groups is 1. The van der Waals surface area contributed by atoms with E-state index in [2.05, 4.69) is 0 Å². The Kier molecular flexibility index (Phi) is 5.41. The zero-order valence-electron chi connectivity index (χ0n) is 13.8. The third kappa shape index (κ3) is 4.61. The van der Waals surface area contributed by atoms with Crippen molar-refractivity contribution in [1.82, 2.24) is 0 Å². The normalized spacial score (nSPS) is 10.6. The Morgan fingerprint density at radius 2 is 1.61 bits per heavy atom. The van der Waals surface area contributed by atoms with Gasteiger partial charge in [0.2, 0.25) is 0 Å². The van der Waals surface area contributed by atoms with E-state index in [0.29, 0.717) is 17.2 Å². The van der Waals surface area contributed by atoms with Crippen molar-refractivity contribution < 1.29 is 19.0 Å². The number of esters is 1. The number of methoxy groups -OCH3 is 2. The topological polar surface area (TPSA) is 44.8 Å². The molecule has 0 N–H and O–H groups in total. The van der Waals surface area contributed by atoms with Gasteiger partial charge in [0, 0.05) is 11.6 Å². The highest BCUT2D eigenvalue weighted by molar-refractivity contribution is 5.89. The lowest BCUT2D eigenvalue weighted by molar-refractivity contribution is -0.128. The van der Waals surface area contributed by atoms with Crippen molar-refractivity contribution in [1.29, 1.82) is 0 Å². The van der Waals surface area contributed by atoms with E-state index >= 15 is 0 Å². The second-order valence-corrected chi connectivity index (χ2v) is 5.19. The van der Waals surface area contributed by atoms with E-state index in [1.165, 1.54) is 6.08 Å². The van der Waals surface area contributed by atoms with Gasteiger partial charge in [-0.15, -0.1) is 0 Å². The summed E-state index contributed by atoms with van der Waals surface area (Å²) in [7, 11) is 3.16. The minimum Gasteiger partial charge on any atom is -0.497 e. The molecule has 2 aromatic rings. The number of rotatable bonds is 5. The minimum absolute atomic E-state index is 0.445. The summed E-state index contributed by atoms with van der Waals surface area (Å²) in [5.41, 5.74) is 2.83. The number of benzene rings is 2. The SMILES string of the molecule is COc1ccc(OC)c(C=CC(=O)Oc2cc(C)cc(C)c2)c1. The van der Waals surface area contributed by atoms with E-state index in [1.807, 2.05) is 32.0 Å². The smallest absolute Gasteiger partial charge is 0.336 e. The molecule has 120 valence electrons. The first-order chi connectivity index (χ1) is 11.0. The molecule has 0 aliphatic carbocycles. The largest absolute Gasteiger partial charge is 0.497 e. The second kappa shape index (κ2) is 7.49. The third-order valence-corrected chi connectivity index (χ3v) is 3.25. The van der Waals surface area contributed by atoms with E-state index < -0.39 is 5.97 Å². The molecule has 0 radical (unpaired) electrons. The summed E-state index contributed by atoms with van der Waals surface area (Å²) in [6.45, 7) is 3.92. The first-order valence-electron chi connectivity index (χ1n) is 7.22. The predicted molar refractivity (Wildman–Crippen MR) is 90.1 cm³/mol. The van der Waals surface area contributed by atoms with Crippen LogP contribution in [0.3, 0.4) is 0 Å². The average molecular weight is 312 g/mol. The van der Waals surface area contributed by atoms with Gasteiger partial charge in [0.1, 0.15) is 17.2 Å². The van der Waals surface area contributed by atoms with Crippen molar-refractivity contribution in [3.05, 3.63) is 59.2 Å². The van der Waals surface area contributed by atoms with Gasteiger partial charge in [0.05, 0.1) is 14.2 Å². The molecule has 0 aliphatic rings. The summed E-state index contributed by atoms with van der Waals surface area (Å²) in [6.07, 6.45) is 3.02. The van der Waals surface area contributed by atoms with Gasteiger partial charge in [-0.2, -0.15) is 0 Å². The van der Waals surface area contributed by atoms with Crippen LogP contribution in [-0.4, -0.2) is 20.2 Å². The maximum Gasteiger partial charge on any atom is 0.336 e. The lowest BCUT2D eigenvalue weighted by atomic mass is 10.1. The summed E-state index contributed by atoms with van der Waals surface area (Å²) in [6, 6.07) is 11.0. The zero-order chi connectivity index (χ0) is 16.8. The maximum absolute atomic E-state index is 12.0. The standard InChI is InChI=1S/C19H20O4/c1-13-9-14(2)11-17(10-13)23-19(20)8-5-15-12-16(21-3)6-7-18(15)22-4/h5-12H,1-4H3. The molecular weight excluding hydrogens is 292 g/mol. The molecule has 2 aromatic carbocycles. The maximum atomic E-state index is 12.0. The number of hydrogen-bond acceptors (Lipinski definition) is 4. The molecule has 0 heterocycles. The lowest BCUT2D eigenvalue weighted by Crippen LogP contribution is -2.04. The van der Waals surface area contributed by atoms with E-state index in [9.17, 15) is 4.79 Å². The average Bonchev–Trinajstić information content (AvgIpc) is 2.51. The van der Waals surface area contributed by atoms with Crippen LogP contribution in [0.5, 0.6) is 17.2 Å². The number of ether oxygens (including phenoxy) is 3. The Bertz CT molecular complexity index is 712. The van der Waals surface area contributed by atoms with E-state index in [4.69, 9.17) is 14.2 Å². The second-order valence-electron chi connectivity index (χ2n) is 5.19. The molecule has 2 rings (SSSR count). The molecule has 4 nitrogen and oxygen atoms in total. The third-order valence-electron chi connectivity index (χ3n) is 3.25. The fourth-order valence-electron chi connectivity index (χ4n) is 2.27. The number of carbonyl (C=O) groups excluding carboxylic acids is 1. The van der Waals surface area contributed by atoms with Crippen molar-refractivity contribution in [2.45, 2.75) is 13.8 Å². The van der Waals surface area contributed by atoms with Gasteiger partial charge in [-0.1, -0.05) is 6.07 Å². The van der Waals surface area contributed by atoms with Crippen LogP contribution in [0.15, 0.2) is 42.5 Å². The molecule has 0 bridgehead atoms. The van der Waals surface area contributed by atoms with Crippen LogP contribution in [0.2, 0.25) is 0 Å². The van der Waals surface area contributed by atoms with E-state index in [-0.39, 0.29) is 0 Å². The molecule has 0 saturated carbocycles. The summed E-state index contributed by atoms with van der Waals surface area (Å²) in [4.78, 5) is 12.0. The van der Waals surface area contributed by atoms with Gasteiger partial charge in [-0.05, 0) is 61.4 Å². The molecule has 23 heavy (non-hydrogen) atoms. The summed E-state index contributed by atoms with van der Waals surface area (Å²) in [5, 5.41) is 0. The summed E-state index contributed by atoms with van der Waals surface area (Å²) in [5.74, 6) is 1.43. The van der Waals surface area contributed by atoms with Crippen molar-refractivity contribution >= 4 is 12.0 Å². The van der Waals surface area contributed by atoms with Gasteiger partial charge < -0.3 is 14.2 Å². The quantitative estimate of drug-likeness (QED) is 0.476. The summed E-state index contributed by atoms with van der Waals surface area (Å²) >= 11 is 0. The van der Waals surface area contributed by atoms with E-state index in [1.54, 1.807) is 38.5 Å². The number of hydrogen-bond donors (Lipinski definition) is 0. The van der Waals surface area contributed by atoms with Crippen molar-refractivity contribution in [2.24, 2.45) is 0 Å². The molecule has 0 unspecified atom stereocenters. The lowest BCUT2D eigenvalue weighted by Gasteiger charge is -2.07. The molecular formula is C19H20O4. The highest BCUT2D eigenvalue weighted by Gasteiger charge is 2.05. The molecule has 0 fully saturated rings. The Morgan fingerprint density at radius 3 is 2.22 bits per heavy atom. The van der Waals surface area contributed by atoms with Crippen LogP contribution < -0.4 is 14.2 Å². The summed E-state index contributed by atoms with van der Waals surface area (Å²) < 4.78 is 15.8. The monoisotopic (exact) mass is 312 g/mol. The number of aryl methyl sites for hydroxylation is 2. The Hall–Kier alpha value is -2.75. The van der Waals surface area contributed by atoms with Crippen molar-refractivity contribution in [2.75, 3.05) is 14.2 Å². The Morgan fingerprint density at radius 1 is 0.913 bits per heavy atom. The molecule has 0 aromatic heterocycles. The predicted octanol–water partition coefficient (Wildman–Crippen LogP) is 3.94. The van der Waals surface area contributed by atoms with Crippen molar-refractivity contribution in [3.63, 3.8) is 0 Å². The van der Waals surface area contributed by atoms with Gasteiger partial charge in [0.25, 0.3) is 0 Å². The fourth-order valence-corrected chi connectivity index (χ4v) is 2.27. The molecule has 0 saturated heterocycles. The highest BCUT2D eigenvalue weighted by atomic mass is 16.5. The Balaban J connectivity index is 2.14. The molecule has 0 aliphatic heterocycles. The van der Waals surface area contributed by atoms with E-state index in [0.717, 1.165) is 16.7 Å². The zero-order valence-corrected chi connectivity index (χ0v) is 13.8. The van der Waals surface area contributed by atoms with Gasteiger partial charge in [0.15, 0.2) is 0 Å².